The van der Waals surface area contributed by atoms with Gasteiger partial charge in [-0.3, -0.25) is 0 Å². The van der Waals surface area contributed by atoms with Gasteiger partial charge in [0, 0.05) is 12.4 Å². The lowest BCUT2D eigenvalue weighted by atomic mass is 10.2. The number of alkyl halides is 4. The van der Waals surface area contributed by atoms with Crippen LogP contribution in [0.15, 0.2) is 24.3 Å². The average Bonchev–Trinajstić information content (AvgIpc) is 2.50. The molecule has 1 aromatic carbocycles. The van der Waals surface area contributed by atoms with Gasteiger partial charge in [0.1, 0.15) is 5.75 Å². The van der Waals surface area contributed by atoms with Crippen molar-refractivity contribution in [1.29, 1.82) is 0 Å². The highest BCUT2D eigenvalue weighted by molar-refractivity contribution is 9.09. The molecule has 0 aliphatic carbocycles. The predicted octanol–water partition coefficient (Wildman–Crippen LogP) is 4.48. The maximum Gasteiger partial charge on any atom is 0.493 e. The van der Waals surface area contributed by atoms with Crippen molar-refractivity contribution in [2.24, 2.45) is 0 Å². The molecule has 0 aliphatic heterocycles. The number of carbonyl (C=O) groups excluding carboxylic acids is 1. The second-order valence-electron chi connectivity index (χ2n) is 4.82. The van der Waals surface area contributed by atoms with Gasteiger partial charge in [0.2, 0.25) is 0 Å². The summed E-state index contributed by atoms with van der Waals surface area (Å²) in [4.78, 5) is 14.9. The normalized spacial score (nSPS) is 11.2. The first-order chi connectivity index (χ1) is 10.8. The van der Waals surface area contributed by atoms with Crippen LogP contribution in [0.4, 0.5) is 18.9 Å². The molecule has 0 atom stereocenters. The molecule has 0 saturated heterocycles. The van der Waals surface area contributed by atoms with E-state index in [1.165, 1.54) is 19.2 Å². The molecule has 0 heterocycles. The predicted molar refractivity (Wildman–Crippen MR) is 84.7 cm³/mol. The molecule has 0 bridgehead atoms. The maximum atomic E-state index is 12.1. The summed E-state index contributed by atoms with van der Waals surface area (Å²) in [6.45, 7) is 0.584. The number of anilines is 1. The van der Waals surface area contributed by atoms with Crippen LogP contribution in [0.2, 0.25) is 0 Å². The number of nitrogens with zero attached hydrogens (tertiary/aromatic N) is 1. The molecule has 1 rings (SSSR count). The summed E-state index contributed by atoms with van der Waals surface area (Å²) >= 11 is 3.37. The van der Waals surface area contributed by atoms with Crippen molar-refractivity contribution in [3.8, 4) is 5.75 Å². The van der Waals surface area contributed by atoms with E-state index >= 15 is 0 Å². The van der Waals surface area contributed by atoms with E-state index in [1.807, 2.05) is 0 Å². The third-order valence-corrected chi connectivity index (χ3v) is 3.51. The Morgan fingerprint density at radius 1 is 1.13 bits per heavy atom. The molecule has 1 aromatic rings. The first-order valence-electron chi connectivity index (χ1n) is 7.16. The number of benzene rings is 1. The molecule has 8 heteroatoms. The summed E-state index contributed by atoms with van der Waals surface area (Å²) in [6.07, 6.45) is -0.718. The minimum Gasteiger partial charge on any atom is -0.494 e. The molecule has 0 fully saturated rings. The summed E-state index contributed by atoms with van der Waals surface area (Å²) in [5, 5.41) is 1.77. The van der Waals surface area contributed by atoms with Crippen LogP contribution in [0.5, 0.6) is 5.75 Å². The second kappa shape index (κ2) is 9.64. The van der Waals surface area contributed by atoms with Gasteiger partial charge in [0.05, 0.1) is 12.3 Å². The number of hydrogen-bond acceptors (Lipinski definition) is 4. The molecule has 23 heavy (non-hydrogen) atoms. The van der Waals surface area contributed by atoms with E-state index in [9.17, 15) is 18.0 Å². The number of hydrogen-bond donors (Lipinski definition) is 0. The van der Waals surface area contributed by atoms with Gasteiger partial charge in [-0.1, -0.05) is 28.8 Å². The highest BCUT2D eigenvalue weighted by Crippen LogP contribution is 2.22. The Morgan fingerprint density at radius 2 is 1.74 bits per heavy atom. The van der Waals surface area contributed by atoms with Gasteiger partial charge in [-0.05, 0) is 37.1 Å². The van der Waals surface area contributed by atoms with E-state index in [4.69, 9.17) is 4.74 Å². The summed E-state index contributed by atoms with van der Waals surface area (Å²) in [6, 6.07) is 6.27. The van der Waals surface area contributed by atoms with E-state index in [2.05, 4.69) is 20.8 Å². The third kappa shape index (κ3) is 7.58. The number of halogens is 4. The van der Waals surface area contributed by atoms with Crippen LogP contribution in [0.3, 0.4) is 0 Å². The zero-order valence-electron chi connectivity index (χ0n) is 12.7. The highest BCUT2D eigenvalue weighted by atomic mass is 79.9. The summed E-state index contributed by atoms with van der Waals surface area (Å²) in [5.41, 5.74) is 0.312. The minimum absolute atomic E-state index is 0.312. The van der Waals surface area contributed by atoms with Crippen molar-refractivity contribution in [1.82, 2.24) is 0 Å². The number of unbranched alkanes of at least 4 members (excludes halogenated alkanes) is 3. The topological polar surface area (TPSA) is 38.8 Å². The van der Waals surface area contributed by atoms with Gasteiger partial charge >= 0.3 is 12.1 Å². The average molecular weight is 398 g/mol. The van der Waals surface area contributed by atoms with Crippen molar-refractivity contribution in [2.75, 3.05) is 24.0 Å². The first kappa shape index (κ1) is 19.6. The Morgan fingerprint density at radius 3 is 2.30 bits per heavy atom. The zero-order chi connectivity index (χ0) is 17.3. The summed E-state index contributed by atoms with van der Waals surface area (Å²) in [5.74, 6) is -1.64. The van der Waals surface area contributed by atoms with Crippen LogP contribution >= 0.6 is 15.9 Å². The fraction of sp³-hybridized carbons (Fsp3) is 0.533. The van der Waals surface area contributed by atoms with E-state index in [0.717, 1.165) is 36.1 Å². The van der Waals surface area contributed by atoms with Crippen LogP contribution < -0.4 is 9.80 Å². The van der Waals surface area contributed by atoms with Crippen LogP contribution in [0.25, 0.3) is 0 Å². The fourth-order valence-electron chi connectivity index (χ4n) is 1.72. The molecule has 0 radical (unpaired) electrons. The Balaban J connectivity index is 2.39. The molecular weight excluding hydrogens is 379 g/mol. The fourth-order valence-corrected chi connectivity index (χ4v) is 2.12. The smallest absolute Gasteiger partial charge is 0.493 e. The quantitative estimate of drug-likeness (QED) is 0.350. The molecule has 0 aliphatic rings. The van der Waals surface area contributed by atoms with Crippen LogP contribution in [0, 0.1) is 0 Å². The minimum atomic E-state index is -5.02. The Kier molecular flexibility index (Phi) is 8.22. The van der Waals surface area contributed by atoms with Gasteiger partial charge in [0.25, 0.3) is 0 Å². The second-order valence-corrected chi connectivity index (χ2v) is 5.61. The van der Waals surface area contributed by atoms with Crippen molar-refractivity contribution < 1.29 is 27.5 Å². The van der Waals surface area contributed by atoms with E-state index in [-0.39, 0.29) is 0 Å². The van der Waals surface area contributed by atoms with Gasteiger partial charge in [0.15, 0.2) is 0 Å². The third-order valence-electron chi connectivity index (χ3n) is 2.95. The van der Waals surface area contributed by atoms with Crippen LogP contribution in [-0.2, 0) is 9.63 Å². The van der Waals surface area contributed by atoms with Crippen molar-refractivity contribution in [3.63, 3.8) is 0 Å². The van der Waals surface area contributed by atoms with Gasteiger partial charge < -0.3 is 9.57 Å². The molecule has 130 valence electrons. The van der Waals surface area contributed by atoms with Gasteiger partial charge in [-0.25, -0.2) is 9.86 Å². The Bertz CT molecular complexity index is 480. The van der Waals surface area contributed by atoms with E-state index < -0.39 is 12.1 Å². The van der Waals surface area contributed by atoms with Gasteiger partial charge in [-0.2, -0.15) is 13.2 Å². The van der Waals surface area contributed by atoms with Crippen LogP contribution in [0.1, 0.15) is 25.7 Å². The monoisotopic (exact) mass is 397 g/mol. The molecular formula is C15H19BrF3NO3. The van der Waals surface area contributed by atoms with Crippen molar-refractivity contribution in [3.05, 3.63) is 24.3 Å². The SMILES string of the molecule is CN(OC(=O)C(F)(F)F)c1ccc(OCCCCCCBr)cc1. The van der Waals surface area contributed by atoms with Crippen LogP contribution in [-0.4, -0.2) is 31.1 Å². The van der Waals surface area contributed by atoms with E-state index in [1.54, 1.807) is 12.1 Å². The number of carbonyl (C=O) groups is 1. The molecule has 0 aromatic heterocycles. The lowest BCUT2D eigenvalue weighted by molar-refractivity contribution is -0.200. The molecule has 0 N–H and O–H groups in total. The molecule has 0 amide bonds. The van der Waals surface area contributed by atoms with E-state index in [0.29, 0.717) is 18.0 Å². The standard InChI is InChI=1S/C15H19BrF3NO3/c1-20(23-14(21)15(17,18)19)12-6-8-13(9-7-12)22-11-5-3-2-4-10-16/h6-9H,2-5,10-11H2,1H3. The molecule has 0 spiro atoms. The molecule has 4 nitrogen and oxygen atoms in total. The largest absolute Gasteiger partial charge is 0.494 e. The summed E-state index contributed by atoms with van der Waals surface area (Å²) in [7, 11) is 1.23. The maximum absolute atomic E-state index is 12.1. The highest BCUT2D eigenvalue weighted by Gasteiger charge is 2.42. The lowest BCUT2D eigenvalue weighted by Gasteiger charge is -2.19. The lowest BCUT2D eigenvalue weighted by Crippen LogP contribution is -2.32. The van der Waals surface area contributed by atoms with Crippen molar-refractivity contribution in [2.45, 2.75) is 31.9 Å². The number of ether oxygens (including phenoxy) is 1. The first-order valence-corrected chi connectivity index (χ1v) is 8.28. The van der Waals surface area contributed by atoms with Gasteiger partial charge in [-0.15, -0.1) is 0 Å². The van der Waals surface area contributed by atoms with Crippen molar-refractivity contribution >= 4 is 27.6 Å². The molecule has 0 unspecified atom stereocenters. The zero-order valence-corrected chi connectivity index (χ0v) is 14.3. The Hall–Kier alpha value is -1.44. The molecule has 0 saturated carbocycles. The Labute approximate surface area is 141 Å². The number of hydroxylamine groups is 1. The number of rotatable bonds is 9. The summed E-state index contributed by atoms with van der Waals surface area (Å²) < 4.78 is 41.9.